The van der Waals surface area contributed by atoms with Crippen LogP contribution in [0.25, 0.3) is 10.9 Å². The van der Waals surface area contributed by atoms with Gasteiger partial charge in [-0.2, -0.15) is 0 Å². The third-order valence-corrected chi connectivity index (χ3v) is 5.63. The molecule has 25 heavy (non-hydrogen) atoms. The number of amides is 1. The molecule has 1 aromatic heterocycles. The van der Waals surface area contributed by atoms with E-state index in [4.69, 9.17) is 0 Å². The minimum atomic E-state index is -3.73. The van der Waals surface area contributed by atoms with E-state index >= 15 is 0 Å². The zero-order valence-corrected chi connectivity index (χ0v) is 14.7. The second kappa shape index (κ2) is 6.60. The maximum Gasteiger partial charge on any atom is 0.407 e. The minimum absolute atomic E-state index is 0.170. The van der Waals surface area contributed by atoms with Crippen LogP contribution in [0.3, 0.4) is 0 Å². The van der Waals surface area contributed by atoms with Crippen molar-refractivity contribution in [1.29, 1.82) is 0 Å². The number of carbonyl (C=O) groups is 1. The van der Waals surface area contributed by atoms with Crippen molar-refractivity contribution in [3.05, 3.63) is 65.9 Å². The van der Waals surface area contributed by atoms with Gasteiger partial charge in [-0.25, -0.2) is 17.2 Å². The molecule has 0 aliphatic rings. The fourth-order valence-corrected chi connectivity index (χ4v) is 4.01. The number of fused-ring (bicyclic) bond motifs is 1. The summed E-state index contributed by atoms with van der Waals surface area (Å²) in [7, 11) is -2.45. The molecule has 0 spiro atoms. The van der Waals surface area contributed by atoms with Crippen molar-refractivity contribution >= 4 is 27.0 Å². The normalized spacial score (nSPS) is 11.4. The van der Waals surface area contributed by atoms with E-state index in [1.54, 1.807) is 36.4 Å². The molecule has 1 heterocycles. The van der Waals surface area contributed by atoms with E-state index in [2.05, 4.69) is 10.1 Å². The van der Waals surface area contributed by atoms with Crippen LogP contribution in [0.15, 0.2) is 59.6 Å². The number of methoxy groups -OCH3 is 1. The van der Waals surface area contributed by atoms with Crippen molar-refractivity contribution in [3.8, 4) is 0 Å². The highest BCUT2D eigenvalue weighted by Crippen LogP contribution is 2.26. The van der Waals surface area contributed by atoms with E-state index < -0.39 is 16.1 Å². The van der Waals surface area contributed by atoms with Crippen molar-refractivity contribution in [2.24, 2.45) is 0 Å². The van der Waals surface area contributed by atoms with Gasteiger partial charge in [0.05, 0.1) is 17.5 Å². The van der Waals surface area contributed by atoms with Crippen molar-refractivity contribution in [2.45, 2.75) is 18.4 Å². The third kappa shape index (κ3) is 3.23. The second-order valence-electron chi connectivity index (χ2n) is 5.63. The zero-order valence-electron chi connectivity index (χ0n) is 13.9. The number of alkyl carbamates (subject to hydrolysis) is 1. The summed E-state index contributed by atoms with van der Waals surface area (Å²) in [6, 6.07) is 13.9. The third-order valence-electron chi connectivity index (χ3n) is 3.95. The first-order valence-corrected chi connectivity index (χ1v) is 9.10. The molecule has 0 radical (unpaired) electrons. The molecule has 6 nitrogen and oxygen atoms in total. The molecule has 0 bridgehead atoms. The summed E-state index contributed by atoms with van der Waals surface area (Å²) in [4.78, 5) is 11.5. The van der Waals surface area contributed by atoms with Gasteiger partial charge in [-0.15, -0.1) is 0 Å². The average molecular weight is 358 g/mol. The fraction of sp³-hybridized carbons (Fsp3) is 0.167. The highest BCUT2D eigenvalue weighted by molar-refractivity contribution is 7.90. The maximum absolute atomic E-state index is 13.0. The van der Waals surface area contributed by atoms with E-state index in [9.17, 15) is 13.2 Å². The first-order valence-electron chi connectivity index (χ1n) is 7.66. The number of nitrogens with zero attached hydrogens (tertiary/aromatic N) is 1. The maximum atomic E-state index is 13.0. The highest BCUT2D eigenvalue weighted by atomic mass is 32.2. The van der Waals surface area contributed by atoms with Gasteiger partial charge in [0.1, 0.15) is 0 Å². The molecule has 7 heteroatoms. The lowest BCUT2D eigenvalue weighted by Gasteiger charge is -2.07. The van der Waals surface area contributed by atoms with E-state index in [0.29, 0.717) is 11.1 Å². The zero-order chi connectivity index (χ0) is 18.0. The Morgan fingerprint density at radius 3 is 2.48 bits per heavy atom. The molecular weight excluding hydrogens is 340 g/mol. The Labute approximate surface area is 146 Å². The van der Waals surface area contributed by atoms with Crippen LogP contribution in [0.1, 0.15) is 11.1 Å². The molecular formula is C18H18N2O4S. The van der Waals surface area contributed by atoms with Gasteiger partial charge in [-0.1, -0.05) is 35.9 Å². The molecule has 130 valence electrons. The van der Waals surface area contributed by atoms with Gasteiger partial charge in [0.25, 0.3) is 10.0 Å². The lowest BCUT2D eigenvalue weighted by atomic mass is 10.2. The Bertz CT molecular complexity index is 1020. The van der Waals surface area contributed by atoms with Crippen molar-refractivity contribution in [1.82, 2.24) is 9.29 Å². The van der Waals surface area contributed by atoms with Crippen LogP contribution in [0.5, 0.6) is 0 Å². The minimum Gasteiger partial charge on any atom is -0.453 e. The SMILES string of the molecule is COC(=O)NCc1cn(S(=O)(=O)c2ccc(C)cc2)c2ccccc12. The highest BCUT2D eigenvalue weighted by Gasteiger charge is 2.21. The average Bonchev–Trinajstić information content (AvgIpc) is 2.99. The smallest absolute Gasteiger partial charge is 0.407 e. The molecule has 0 saturated carbocycles. The lowest BCUT2D eigenvalue weighted by Crippen LogP contribution is -2.22. The van der Waals surface area contributed by atoms with Crippen LogP contribution in [0.2, 0.25) is 0 Å². The molecule has 0 fully saturated rings. The molecule has 1 amide bonds. The first kappa shape index (κ1) is 17.0. The quantitative estimate of drug-likeness (QED) is 0.778. The summed E-state index contributed by atoms with van der Waals surface area (Å²) >= 11 is 0. The van der Waals surface area contributed by atoms with Crippen LogP contribution < -0.4 is 5.32 Å². The van der Waals surface area contributed by atoms with Gasteiger partial charge in [-0.3, -0.25) is 0 Å². The van der Waals surface area contributed by atoms with Gasteiger partial charge < -0.3 is 10.1 Å². The fourth-order valence-electron chi connectivity index (χ4n) is 2.62. The number of nitrogens with one attached hydrogen (secondary N) is 1. The molecule has 0 aliphatic carbocycles. The van der Waals surface area contributed by atoms with E-state index in [1.807, 2.05) is 19.1 Å². The predicted octanol–water partition coefficient (Wildman–Crippen LogP) is 3.04. The van der Waals surface area contributed by atoms with Gasteiger partial charge >= 0.3 is 6.09 Å². The summed E-state index contributed by atoms with van der Waals surface area (Å²) in [6.07, 6.45) is 0.966. The number of ether oxygens (including phenoxy) is 1. The monoisotopic (exact) mass is 358 g/mol. The van der Waals surface area contributed by atoms with Crippen LogP contribution in [-0.4, -0.2) is 25.6 Å². The molecule has 0 saturated heterocycles. The Morgan fingerprint density at radius 2 is 1.80 bits per heavy atom. The van der Waals surface area contributed by atoms with E-state index in [-0.39, 0.29) is 11.4 Å². The Morgan fingerprint density at radius 1 is 1.12 bits per heavy atom. The summed E-state index contributed by atoms with van der Waals surface area (Å²) < 4.78 is 31.9. The Balaban J connectivity index is 2.10. The first-order chi connectivity index (χ1) is 11.9. The number of hydrogen-bond acceptors (Lipinski definition) is 4. The molecule has 2 aromatic carbocycles. The van der Waals surface area contributed by atoms with Crippen molar-refractivity contribution in [3.63, 3.8) is 0 Å². The topological polar surface area (TPSA) is 77.4 Å². The van der Waals surface area contributed by atoms with Crippen molar-refractivity contribution in [2.75, 3.05) is 7.11 Å². The number of benzene rings is 2. The van der Waals surface area contributed by atoms with Gasteiger partial charge in [-0.05, 0) is 30.7 Å². The molecule has 1 N–H and O–H groups in total. The van der Waals surface area contributed by atoms with Gasteiger partial charge in [0, 0.05) is 18.1 Å². The largest absolute Gasteiger partial charge is 0.453 e. The number of hydrogen-bond donors (Lipinski definition) is 1. The van der Waals surface area contributed by atoms with E-state index in [1.165, 1.54) is 17.3 Å². The van der Waals surface area contributed by atoms with E-state index in [0.717, 1.165) is 10.9 Å². The molecule has 3 rings (SSSR count). The lowest BCUT2D eigenvalue weighted by molar-refractivity contribution is 0.170. The number of aromatic nitrogens is 1. The number of para-hydroxylation sites is 1. The number of rotatable bonds is 4. The standard InChI is InChI=1S/C18H18N2O4S/c1-13-7-9-15(10-8-13)25(22,23)20-12-14(11-19-18(21)24-2)16-5-3-4-6-17(16)20/h3-10,12H,11H2,1-2H3,(H,19,21). The summed E-state index contributed by atoms with van der Waals surface area (Å²) in [5.74, 6) is 0. The van der Waals surface area contributed by atoms with Crippen molar-refractivity contribution < 1.29 is 17.9 Å². The number of aryl methyl sites for hydroxylation is 1. The summed E-state index contributed by atoms with van der Waals surface area (Å²) in [5, 5.41) is 3.34. The van der Waals surface area contributed by atoms with Crippen LogP contribution in [0, 0.1) is 6.92 Å². The van der Waals surface area contributed by atoms with Gasteiger partial charge in [0.15, 0.2) is 0 Å². The predicted molar refractivity (Wildman–Crippen MR) is 94.9 cm³/mol. The molecule has 3 aromatic rings. The summed E-state index contributed by atoms with van der Waals surface area (Å²) in [5.41, 5.74) is 2.24. The molecule has 0 unspecified atom stereocenters. The Hall–Kier alpha value is -2.80. The van der Waals surface area contributed by atoms with Crippen LogP contribution in [-0.2, 0) is 21.3 Å². The molecule has 0 aliphatic heterocycles. The van der Waals surface area contributed by atoms with Crippen LogP contribution >= 0.6 is 0 Å². The summed E-state index contributed by atoms with van der Waals surface area (Å²) in [6.45, 7) is 2.07. The number of carbonyl (C=O) groups excluding carboxylic acids is 1. The molecule has 0 atom stereocenters. The van der Waals surface area contributed by atoms with Gasteiger partial charge in [0.2, 0.25) is 0 Å². The Kier molecular flexibility index (Phi) is 4.50. The second-order valence-corrected chi connectivity index (χ2v) is 7.45. The van der Waals surface area contributed by atoms with Crippen LogP contribution in [0.4, 0.5) is 4.79 Å².